The maximum atomic E-state index is 12.4. The van der Waals surface area contributed by atoms with Crippen LogP contribution in [0.2, 0.25) is 0 Å². The summed E-state index contributed by atoms with van der Waals surface area (Å²) in [5.74, 6) is -0.475. The summed E-state index contributed by atoms with van der Waals surface area (Å²) in [6.07, 6.45) is 3.73. The molecule has 4 rings (SSSR count). The minimum Gasteiger partial charge on any atom is -0.372 e. The molecule has 2 heterocycles. The number of nitrogens with zero attached hydrogens (tertiary/aromatic N) is 3. The van der Waals surface area contributed by atoms with Crippen molar-refractivity contribution in [1.29, 1.82) is 0 Å². The van der Waals surface area contributed by atoms with Gasteiger partial charge in [-0.2, -0.15) is 4.68 Å². The second-order valence-electron chi connectivity index (χ2n) is 6.57. The Hall–Kier alpha value is -3.35. The second kappa shape index (κ2) is 7.49. The first-order valence-electron chi connectivity index (χ1n) is 9.12. The number of carbonyl (C=O) groups is 1. The summed E-state index contributed by atoms with van der Waals surface area (Å²) >= 11 is 0. The molecule has 7 heteroatoms. The van der Waals surface area contributed by atoms with Gasteiger partial charge in [-0.3, -0.25) is 9.78 Å². The molecule has 1 aliphatic heterocycles. The lowest BCUT2D eigenvalue weighted by Crippen LogP contribution is -2.29. The molecule has 0 radical (unpaired) electrons. The van der Waals surface area contributed by atoms with Gasteiger partial charge >= 0.3 is 5.69 Å². The van der Waals surface area contributed by atoms with Crippen LogP contribution >= 0.6 is 0 Å². The molecule has 0 unspecified atom stereocenters. The quantitative estimate of drug-likeness (QED) is 0.747. The van der Waals surface area contributed by atoms with Crippen LogP contribution in [-0.2, 0) is 0 Å². The molecule has 0 aliphatic carbocycles. The van der Waals surface area contributed by atoms with Crippen LogP contribution < -0.4 is 15.9 Å². The van der Waals surface area contributed by atoms with Crippen molar-refractivity contribution in [2.24, 2.45) is 0 Å². The van der Waals surface area contributed by atoms with Crippen LogP contribution in [0.3, 0.4) is 0 Å². The third-order valence-corrected chi connectivity index (χ3v) is 4.68. The van der Waals surface area contributed by atoms with Crippen LogP contribution in [0.4, 0.5) is 11.4 Å². The zero-order valence-corrected chi connectivity index (χ0v) is 14.9. The summed E-state index contributed by atoms with van der Waals surface area (Å²) in [4.78, 5) is 29.4. The molecule has 1 fully saturated rings. The molecule has 0 atom stereocenters. The average molecular weight is 363 g/mol. The van der Waals surface area contributed by atoms with Gasteiger partial charge in [0.15, 0.2) is 0 Å². The monoisotopic (exact) mass is 363 g/mol. The number of hydrogen-bond acceptors (Lipinski definition) is 4. The number of benzene rings is 2. The minimum atomic E-state index is -0.452. The molecular formula is C20H21N5O2. The van der Waals surface area contributed by atoms with Crippen molar-refractivity contribution < 1.29 is 4.79 Å². The predicted octanol–water partition coefficient (Wildman–Crippen LogP) is 2.80. The number of hydrogen-bond donors (Lipinski definition) is 2. The summed E-state index contributed by atoms with van der Waals surface area (Å²) < 4.78 is 1.17. The molecule has 27 heavy (non-hydrogen) atoms. The van der Waals surface area contributed by atoms with E-state index >= 15 is 0 Å². The summed E-state index contributed by atoms with van der Waals surface area (Å²) in [6, 6.07) is 16.7. The summed E-state index contributed by atoms with van der Waals surface area (Å²) in [7, 11) is 0. The molecular weight excluding hydrogens is 342 g/mol. The molecule has 138 valence electrons. The first kappa shape index (κ1) is 17.1. The molecule has 1 aromatic heterocycles. The van der Waals surface area contributed by atoms with Crippen LogP contribution in [0.15, 0.2) is 59.4 Å². The Morgan fingerprint density at radius 3 is 2.33 bits per heavy atom. The standard InChI is InChI=1S/C20H21N5O2/c26-19(18-22-20(27)25(23-18)17-7-3-1-4-8-17)21-15-9-11-16(12-10-15)24-13-5-2-6-14-24/h1,3-4,7-12H,2,5-6,13-14H2,(H,21,26)(H,22,23,27). The molecule has 2 aromatic carbocycles. The molecule has 0 bridgehead atoms. The van der Waals surface area contributed by atoms with Gasteiger partial charge in [-0.15, -0.1) is 5.10 Å². The molecule has 1 saturated heterocycles. The number of para-hydroxylation sites is 1. The fourth-order valence-corrected chi connectivity index (χ4v) is 3.27. The van der Waals surface area contributed by atoms with E-state index in [1.54, 1.807) is 24.3 Å². The SMILES string of the molecule is O=C(Nc1ccc(N2CCCCC2)cc1)c1nn(-c2ccccc2)c(=O)[nH]1. The number of aromatic amines is 1. The van der Waals surface area contributed by atoms with Gasteiger partial charge in [-0.05, 0) is 55.7 Å². The maximum Gasteiger partial charge on any atom is 0.348 e. The minimum absolute atomic E-state index is 0.0241. The van der Waals surface area contributed by atoms with Crippen LogP contribution in [0.1, 0.15) is 29.9 Å². The van der Waals surface area contributed by atoms with E-state index in [-0.39, 0.29) is 5.82 Å². The van der Waals surface area contributed by atoms with E-state index < -0.39 is 11.6 Å². The Morgan fingerprint density at radius 1 is 0.926 bits per heavy atom. The van der Waals surface area contributed by atoms with Gasteiger partial charge in [0.05, 0.1) is 5.69 Å². The molecule has 0 saturated carbocycles. The first-order chi connectivity index (χ1) is 13.2. The highest BCUT2D eigenvalue weighted by atomic mass is 16.2. The molecule has 7 nitrogen and oxygen atoms in total. The van der Waals surface area contributed by atoms with Gasteiger partial charge in [-0.25, -0.2) is 4.79 Å². The largest absolute Gasteiger partial charge is 0.372 e. The highest BCUT2D eigenvalue weighted by molar-refractivity contribution is 6.01. The Kier molecular flexibility index (Phi) is 4.74. The van der Waals surface area contributed by atoms with Gasteiger partial charge in [0.25, 0.3) is 5.91 Å². The van der Waals surface area contributed by atoms with E-state index in [1.807, 2.05) is 30.3 Å². The number of rotatable bonds is 4. The topological polar surface area (TPSA) is 83.0 Å². The fraction of sp³-hybridized carbons (Fsp3) is 0.250. The summed E-state index contributed by atoms with van der Waals surface area (Å²) in [5.41, 5.74) is 1.97. The zero-order valence-electron chi connectivity index (χ0n) is 14.9. The normalized spacial score (nSPS) is 14.1. The van der Waals surface area contributed by atoms with Gasteiger partial charge < -0.3 is 10.2 Å². The van der Waals surface area contributed by atoms with Crippen molar-refractivity contribution in [2.75, 3.05) is 23.3 Å². The summed E-state index contributed by atoms with van der Waals surface area (Å²) in [5, 5.41) is 6.87. The lowest BCUT2D eigenvalue weighted by atomic mass is 10.1. The number of carbonyl (C=O) groups excluding carboxylic acids is 1. The van der Waals surface area contributed by atoms with Crippen LogP contribution in [0, 0.1) is 0 Å². The van der Waals surface area contributed by atoms with Gasteiger partial charge in [0, 0.05) is 24.5 Å². The highest BCUT2D eigenvalue weighted by Gasteiger charge is 2.15. The molecule has 2 N–H and O–H groups in total. The van der Waals surface area contributed by atoms with E-state index in [2.05, 4.69) is 20.3 Å². The Balaban J connectivity index is 1.47. The van der Waals surface area contributed by atoms with E-state index in [4.69, 9.17) is 0 Å². The smallest absolute Gasteiger partial charge is 0.348 e. The fourth-order valence-electron chi connectivity index (χ4n) is 3.27. The number of piperidine rings is 1. The van der Waals surface area contributed by atoms with Crippen LogP contribution in [0.25, 0.3) is 5.69 Å². The van der Waals surface area contributed by atoms with E-state index in [0.717, 1.165) is 18.8 Å². The van der Waals surface area contributed by atoms with E-state index in [0.29, 0.717) is 11.4 Å². The van der Waals surface area contributed by atoms with Crippen molar-refractivity contribution in [3.63, 3.8) is 0 Å². The van der Waals surface area contributed by atoms with E-state index in [9.17, 15) is 9.59 Å². The molecule has 0 spiro atoms. The van der Waals surface area contributed by atoms with Crippen molar-refractivity contribution in [3.8, 4) is 5.69 Å². The lowest BCUT2D eigenvalue weighted by Gasteiger charge is -2.28. The van der Waals surface area contributed by atoms with E-state index in [1.165, 1.54) is 23.9 Å². The average Bonchev–Trinajstić information content (AvgIpc) is 3.12. The number of nitrogens with one attached hydrogen (secondary N) is 2. The predicted molar refractivity (Wildman–Crippen MR) is 105 cm³/mol. The third kappa shape index (κ3) is 3.76. The second-order valence-corrected chi connectivity index (χ2v) is 6.57. The number of H-pyrrole nitrogens is 1. The van der Waals surface area contributed by atoms with Gasteiger partial charge in [-0.1, -0.05) is 18.2 Å². The van der Waals surface area contributed by atoms with Crippen LogP contribution in [-0.4, -0.2) is 33.8 Å². The van der Waals surface area contributed by atoms with Gasteiger partial charge in [0.2, 0.25) is 5.82 Å². The Labute approximate surface area is 156 Å². The zero-order chi connectivity index (χ0) is 18.6. The maximum absolute atomic E-state index is 12.4. The van der Waals surface area contributed by atoms with Crippen molar-refractivity contribution >= 4 is 17.3 Å². The third-order valence-electron chi connectivity index (χ3n) is 4.68. The first-order valence-corrected chi connectivity index (χ1v) is 9.12. The van der Waals surface area contributed by atoms with Gasteiger partial charge in [0.1, 0.15) is 0 Å². The number of aromatic nitrogens is 3. The highest BCUT2D eigenvalue weighted by Crippen LogP contribution is 2.21. The molecule has 1 amide bonds. The van der Waals surface area contributed by atoms with Crippen molar-refractivity contribution in [1.82, 2.24) is 14.8 Å². The Bertz CT molecular complexity index is 970. The molecule has 1 aliphatic rings. The summed E-state index contributed by atoms with van der Waals surface area (Å²) in [6.45, 7) is 2.15. The molecule has 3 aromatic rings. The number of anilines is 2. The van der Waals surface area contributed by atoms with Crippen molar-refractivity contribution in [2.45, 2.75) is 19.3 Å². The Morgan fingerprint density at radius 2 is 1.63 bits per heavy atom. The lowest BCUT2D eigenvalue weighted by molar-refractivity contribution is 0.101. The van der Waals surface area contributed by atoms with Crippen molar-refractivity contribution in [3.05, 3.63) is 70.9 Å². The van der Waals surface area contributed by atoms with Crippen LogP contribution in [0.5, 0.6) is 0 Å². The number of amides is 1.